The summed E-state index contributed by atoms with van der Waals surface area (Å²) in [6.07, 6.45) is -0.692. The fourth-order valence-electron chi connectivity index (χ4n) is 3.48. The van der Waals surface area contributed by atoms with E-state index in [4.69, 9.17) is 9.47 Å². The molecule has 3 rings (SSSR count). The van der Waals surface area contributed by atoms with E-state index in [0.29, 0.717) is 12.1 Å². The highest BCUT2D eigenvalue weighted by Gasteiger charge is 2.19. The first kappa shape index (κ1) is 30.0. The van der Waals surface area contributed by atoms with Crippen molar-refractivity contribution < 1.29 is 24.2 Å². The molecule has 6 nitrogen and oxygen atoms in total. The predicted octanol–water partition coefficient (Wildman–Crippen LogP) is 5.44. The predicted molar refractivity (Wildman–Crippen MR) is 147 cm³/mol. The largest absolute Gasteiger partial charge is 0.422 e. The summed E-state index contributed by atoms with van der Waals surface area (Å²) in [5.41, 5.74) is 4.21. The van der Waals surface area contributed by atoms with E-state index in [-0.39, 0.29) is 42.3 Å². The van der Waals surface area contributed by atoms with Gasteiger partial charge in [0.25, 0.3) is 0 Å². The Morgan fingerprint density at radius 1 is 0.784 bits per heavy atom. The number of ether oxygens (including phenoxy) is 2. The second-order valence-corrected chi connectivity index (χ2v) is 10.1. The Labute approximate surface area is 225 Å². The number of β-amino-alcohol motifs (C(OH)–C–C–N with tert-alkyl or cyclic N) is 1. The number of carbonyl (C=O) groups is 2. The van der Waals surface area contributed by atoms with Crippen LogP contribution in [0.4, 0.5) is 0 Å². The number of benzene rings is 3. The molecule has 3 aromatic rings. The molecule has 0 saturated heterocycles. The number of hydrogen-bond acceptors (Lipinski definition) is 6. The van der Waals surface area contributed by atoms with Gasteiger partial charge in [-0.25, -0.2) is 0 Å². The number of hydrogen-bond donors (Lipinski definition) is 2. The van der Waals surface area contributed by atoms with Gasteiger partial charge in [0, 0.05) is 12.1 Å². The minimum Gasteiger partial charge on any atom is -0.422 e. The van der Waals surface area contributed by atoms with Gasteiger partial charge in [-0.05, 0) is 63.4 Å². The maximum Gasteiger partial charge on any atom is 0.315 e. The number of nitrogens with one attached hydrogen (secondary N) is 1. The van der Waals surface area contributed by atoms with Crippen LogP contribution in [0, 0.1) is 13.8 Å². The fraction of sp³-hybridized carbons (Fsp3) is 0.333. The number of halogens is 1. The molecule has 37 heavy (non-hydrogen) atoms. The van der Waals surface area contributed by atoms with Crippen molar-refractivity contribution in [3.05, 3.63) is 94.5 Å². The quantitative estimate of drug-likeness (QED) is 0.286. The highest BCUT2D eigenvalue weighted by Crippen LogP contribution is 2.31. The van der Waals surface area contributed by atoms with Crippen LogP contribution in [0.25, 0.3) is 0 Å². The van der Waals surface area contributed by atoms with E-state index in [2.05, 4.69) is 5.32 Å². The molecule has 0 fully saturated rings. The van der Waals surface area contributed by atoms with Gasteiger partial charge in [-0.2, -0.15) is 0 Å². The Balaban J connectivity index is 0.00000481. The van der Waals surface area contributed by atoms with Crippen molar-refractivity contribution in [3.8, 4) is 11.5 Å². The molecule has 7 heteroatoms. The lowest BCUT2D eigenvalue weighted by atomic mass is 10.1. The lowest BCUT2D eigenvalue weighted by Gasteiger charge is -2.23. The van der Waals surface area contributed by atoms with Crippen LogP contribution in [0.3, 0.4) is 0 Å². The van der Waals surface area contributed by atoms with Crippen molar-refractivity contribution in [1.29, 1.82) is 0 Å². The molecule has 0 aromatic heterocycles. The highest BCUT2D eigenvalue weighted by molar-refractivity contribution is 5.85. The van der Waals surface area contributed by atoms with Crippen LogP contribution in [0.2, 0.25) is 0 Å². The first-order valence-corrected chi connectivity index (χ1v) is 12.1. The molecular formula is C30H36ClNO5. The van der Waals surface area contributed by atoms with Crippen LogP contribution in [-0.4, -0.2) is 29.1 Å². The molecule has 0 amide bonds. The van der Waals surface area contributed by atoms with Crippen LogP contribution < -0.4 is 14.8 Å². The average molecular weight is 526 g/mol. The number of aryl methyl sites for hydroxylation is 2. The summed E-state index contributed by atoms with van der Waals surface area (Å²) in [5.74, 6) is -0.743. The van der Waals surface area contributed by atoms with Crippen LogP contribution >= 0.6 is 12.4 Å². The van der Waals surface area contributed by atoms with E-state index in [1.54, 1.807) is 18.2 Å². The zero-order valence-corrected chi connectivity index (χ0v) is 22.9. The summed E-state index contributed by atoms with van der Waals surface area (Å²) in [5, 5.41) is 13.9. The van der Waals surface area contributed by atoms with E-state index in [9.17, 15) is 14.7 Å². The zero-order chi connectivity index (χ0) is 26.3. The molecule has 1 atom stereocenters. The summed E-state index contributed by atoms with van der Waals surface area (Å²) < 4.78 is 11.2. The molecular weight excluding hydrogens is 490 g/mol. The van der Waals surface area contributed by atoms with E-state index >= 15 is 0 Å². The van der Waals surface area contributed by atoms with Crippen molar-refractivity contribution in [3.63, 3.8) is 0 Å². The summed E-state index contributed by atoms with van der Waals surface area (Å²) in [7, 11) is 0. The Hall–Kier alpha value is -3.19. The van der Waals surface area contributed by atoms with Gasteiger partial charge in [0.2, 0.25) is 0 Å². The number of esters is 2. The van der Waals surface area contributed by atoms with Crippen LogP contribution in [0.15, 0.2) is 66.7 Å². The van der Waals surface area contributed by atoms with Gasteiger partial charge in [-0.3, -0.25) is 9.59 Å². The third-order valence-electron chi connectivity index (χ3n) is 5.56. The molecule has 0 spiro atoms. The van der Waals surface area contributed by atoms with Gasteiger partial charge in [-0.1, -0.05) is 65.7 Å². The minimum absolute atomic E-state index is 0. The third kappa shape index (κ3) is 10.00. The van der Waals surface area contributed by atoms with Crippen molar-refractivity contribution in [2.24, 2.45) is 0 Å². The summed E-state index contributed by atoms with van der Waals surface area (Å²) >= 11 is 0. The molecule has 0 radical (unpaired) electrons. The van der Waals surface area contributed by atoms with E-state index in [0.717, 1.165) is 22.3 Å². The van der Waals surface area contributed by atoms with Gasteiger partial charge in [0.1, 0.15) is 0 Å². The molecule has 3 aromatic carbocycles. The molecule has 0 aliphatic carbocycles. The van der Waals surface area contributed by atoms with Gasteiger partial charge in [0.05, 0.1) is 18.9 Å². The molecule has 0 bridgehead atoms. The van der Waals surface area contributed by atoms with Crippen LogP contribution in [0.1, 0.15) is 54.7 Å². The third-order valence-corrected chi connectivity index (χ3v) is 5.56. The van der Waals surface area contributed by atoms with Crippen molar-refractivity contribution in [2.75, 3.05) is 6.54 Å². The van der Waals surface area contributed by atoms with Gasteiger partial charge in [-0.15, -0.1) is 12.4 Å². The molecule has 2 N–H and O–H groups in total. The minimum atomic E-state index is -0.837. The van der Waals surface area contributed by atoms with Gasteiger partial charge < -0.3 is 19.9 Å². The van der Waals surface area contributed by atoms with Crippen molar-refractivity contribution in [2.45, 2.75) is 59.1 Å². The van der Waals surface area contributed by atoms with Crippen molar-refractivity contribution in [1.82, 2.24) is 5.32 Å². The van der Waals surface area contributed by atoms with E-state index in [1.165, 1.54) is 0 Å². The molecule has 0 aliphatic rings. The van der Waals surface area contributed by atoms with Gasteiger partial charge in [0.15, 0.2) is 11.5 Å². The number of rotatable bonds is 9. The monoisotopic (exact) mass is 525 g/mol. The highest BCUT2D eigenvalue weighted by atomic mass is 35.5. The zero-order valence-electron chi connectivity index (χ0n) is 22.0. The van der Waals surface area contributed by atoms with Crippen LogP contribution in [0.5, 0.6) is 11.5 Å². The first-order chi connectivity index (χ1) is 17.0. The second-order valence-electron chi connectivity index (χ2n) is 10.1. The Bertz CT molecular complexity index is 1180. The smallest absolute Gasteiger partial charge is 0.315 e. The summed E-state index contributed by atoms with van der Waals surface area (Å²) in [6.45, 7) is 10.3. The molecule has 0 heterocycles. The average Bonchev–Trinajstić information content (AvgIpc) is 2.81. The first-order valence-electron chi connectivity index (χ1n) is 12.1. The SMILES string of the molecule is Cc1ccc(CC(=O)Oc2ccc(C(O)CNC(C)(C)C)cc2OC(=O)Cc2ccc(C)cc2)cc1.Cl. The van der Waals surface area contributed by atoms with Gasteiger partial charge >= 0.3 is 11.9 Å². The fourth-order valence-corrected chi connectivity index (χ4v) is 3.48. The lowest BCUT2D eigenvalue weighted by molar-refractivity contribution is -0.136. The Morgan fingerprint density at radius 2 is 1.24 bits per heavy atom. The number of aliphatic hydroxyl groups excluding tert-OH is 1. The molecule has 1 unspecified atom stereocenters. The maximum absolute atomic E-state index is 12.7. The van der Waals surface area contributed by atoms with E-state index < -0.39 is 18.0 Å². The molecule has 0 saturated carbocycles. The maximum atomic E-state index is 12.7. The number of aliphatic hydroxyl groups is 1. The second kappa shape index (κ2) is 13.4. The topological polar surface area (TPSA) is 84.9 Å². The molecule has 198 valence electrons. The lowest BCUT2D eigenvalue weighted by Crippen LogP contribution is -2.38. The molecule has 0 aliphatic heterocycles. The normalized spacial score (nSPS) is 11.8. The number of carbonyl (C=O) groups excluding carboxylic acids is 2. The summed E-state index contributed by atoms with van der Waals surface area (Å²) in [6, 6.07) is 20.0. The van der Waals surface area contributed by atoms with Crippen LogP contribution in [-0.2, 0) is 22.4 Å². The Kier molecular flexibility index (Phi) is 10.9. The van der Waals surface area contributed by atoms with Crippen molar-refractivity contribution >= 4 is 24.3 Å². The summed E-state index contributed by atoms with van der Waals surface area (Å²) in [4.78, 5) is 25.4. The van der Waals surface area contributed by atoms with E-state index in [1.807, 2.05) is 83.1 Å². The standard InChI is InChI=1S/C30H35NO5.ClH/c1-20-6-10-22(11-7-20)16-28(33)35-26-15-14-24(25(32)19-31-30(3,4)5)18-27(26)36-29(34)17-23-12-8-21(2)9-13-23;/h6-15,18,25,31-32H,16-17,19H2,1-5H3;1H. The Morgan fingerprint density at radius 3 is 1.70 bits per heavy atom.